The van der Waals surface area contributed by atoms with Crippen molar-refractivity contribution in [3.63, 3.8) is 0 Å². The van der Waals surface area contributed by atoms with Crippen LogP contribution >= 0.6 is 0 Å². The Morgan fingerprint density at radius 2 is 1.79 bits per heavy atom. The summed E-state index contributed by atoms with van der Waals surface area (Å²) in [4.78, 5) is 11.3. The number of rotatable bonds is 11. The van der Waals surface area contributed by atoms with E-state index in [4.69, 9.17) is 4.74 Å². The van der Waals surface area contributed by atoms with Crippen LogP contribution in [0.5, 0.6) is 0 Å². The number of carbonyl (C=O) groups is 1. The maximum absolute atomic E-state index is 11.3. The SMILES string of the molecule is CC=C(C)C(=O)OCCC(O)CCCCCCCC. The minimum atomic E-state index is -0.343. The first kappa shape index (κ1) is 18.2. The molecule has 0 saturated heterocycles. The van der Waals surface area contributed by atoms with Crippen LogP contribution < -0.4 is 0 Å². The van der Waals surface area contributed by atoms with Crippen molar-refractivity contribution in [2.24, 2.45) is 0 Å². The number of aliphatic hydroxyl groups excluding tert-OH is 1. The molecule has 0 aliphatic carbocycles. The van der Waals surface area contributed by atoms with Crippen molar-refractivity contribution in [2.45, 2.75) is 78.2 Å². The number of hydrogen-bond acceptors (Lipinski definition) is 3. The van der Waals surface area contributed by atoms with Crippen LogP contribution in [0, 0.1) is 0 Å². The van der Waals surface area contributed by atoms with Gasteiger partial charge in [0.1, 0.15) is 0 Å². The largest absolute Gasteiger partial charge is 0.462 e. The van der Waals surface area contributed by atoms with Crippen molar-refractivity contribution < 1.29 is 14.6 Å². The zero-order chi connectivity index (χ0) is 14.5. The summed E-state index contributed by atoms with van der Waals surface area (Å²) in [6.07, 6.45) is 10.1. The van der Waals surface area contributed by atoms with E-state index in [1.807, 2.05) is 6.92 Å². The van der Waals surface area contributed by atoms with Gasteiger partial charge in [-0.2, -0.15) is 0 Å². The molecule has 1 N–H and O–H groups in total. The molecule has 3 heteroatoms. The number of hydrogen-bond donors (Lipinski definition) is 1. The molecule has 19 heavy (non-hydrogen) atoms. The van der Waals surface area contributed by atoms with Gasteiger partial charge in [0.15, 0.2) is 0 Å². The van der Waals surface area contributed by atoms with Gasteiger partial charge in [0.05, 0.1) is 12.7 Å². The fourth-order valence-corrected chi connectivity index (χ4v) is 1.82. The van der Waals surface area contributed by atoms with Crippen LogP contribution in [0.3, 0.4) is 0 Å². The van der Waals surface area contributed by atoms with E-state index in [1.54, 1.807) is 13.0 Å². The van der Waals surface area contributed by atoms with Crippen LogP contribution in [0.4, 0.5) is 0 Å². The quantitative estimate of drug-likeness (QED) is 0.351. The topological polar surface area (TPSA) is 46.5 Å². The van der Waals surface area contributed by atoms with E-state index in [2.05, 4.69) is 6.92 Å². The van der Waals surface area contributed by atoms with Crippen molar-refractivity contribution in [1.82, 2.24) is 0 Å². The molecule has 0 aliphatic heterocycles. The standard InChI is InChI=1S/C16H30O3/c1-4-6-7-8-9-10-11-15(17)12-13-19-16(18)14(3)5-2/h5,15,17H,4,6-13H2,1-3H3. The molecule has 3 nitrogen and oxygen atoms in total. The second-order valence-corrected chi connectivity index (χ2v) is 5.11. The molecule has 0 spiro atoms. The summed E-state index contributed by atoms with van der Waals surface area (Å²) in [6.45, 7) is 6.06. The predicted octanol–water partition coefficient (Wildman–Crippen LogP) is 4.00. The molecule has 0 saturated carbocycles. The molecule has 1 atom stereocenters. The van der Waals surface area contributed by atoms with Crippen LogP contribution in [0.1, 0.15) is 72.1 Å². The van der Waals surface area contributed by atoms with Crippen LogP contribution in [-0.4, -0.2) is 23.8 Å². The first-order valence-electron chi connectivity index (χ1n) is 7.59. The summed E-state index contributed by atoms with van der Waals surface area (Å²) < 4.78 is 5.06. The molecule has 1 unspecified atom stereocenters. The molecule has 0 aromatic rings. The summed E-state index contributed by atoms with van der Waals surface area (Å²) in [7, 11) is 0. The molecule has 112 valence electrons. The summed E-state index contributed by atoms with van der Waals surface area (Å²) in [5.41, 5.74) is 0.616. The van der Waals surface area contributed by atoms with Crippen LogP contribution in [0.25, 0.3) is 0 Å². The van der Waals surface area contributed by atoms with E-state index in [1.165, 1.54) is 32.1 Å². The fraction of sp³-hybridized carbons (Fsp3) is 0.812. The molecule has 0 amide bonds. The Hall–Kier alpha value is -0.830. The van der Waals surface area contributed by atoms with Gasteiger partial charge in [-0.15, -0.1) is 0 Å². The van der Waals surface area contributed by atoms with Crippen LogP contribution in [-0.2, 0) is 9.53 Å². The number of carbonyl (C=O) groups excluding carboxylic acids is 1. The zero-order valence-corrected chi connectivity index (χ0v) is 12.8. The van der Waals surface area contributed by atoms with E-state index in [9.17, 15) is 9.90 Å². The summed E-state index contributed by atoms with van der Waals surface area (Å²) in [5, 5.41) is 9.75. The van der Waals surface area contributed by atoms with Gasteiger partial charge in [0, 0.05) is 12.0 Å². The summed E-state index contributed by atoms with van der Waals surface area (Å²) in [5.74, 6) is -0.283. The average Bonchev–Trinajstić information content (AvgIpc) is 2.41. The van der Waals surface area contributed by atoms with E-state index < -0.39 is 0 Å². The Balaban J connectivity index is 3.44. The minimum absolute atomic E-state index is 0.283. The van der Waals surface area contributed by atoms with Gasteiger partial charge in [-0.1, -0.05) is 51.5 Å². The molecule has 0 fully saturated rings. The molecule has 0 heterocycles. The lowest BCUT2D eigenvalue weighted by molar-refractivity contribution is -0.139. The molecule has 0 rings (SSSR count). The van der Waals surface area contributed by atoms with Gasteiger partial charge in [0.2, 0.25) is 0 Å². The molecule has 0 aliphatic rings. The van der Waals surface area contributed by atoms with Crippen molar-refractivity contribution in [1.29, 1.82) is 0 Å². The normalized spacial score (nSPS) is 13.4. The van der Waals surface area contributed by atoms with Gasteiger partial charge >= 0.3 is 5.97 Å². The number of aliphatic hydroxyl groups is 1. The smallest absolute Gasteiger partial charge is 0.333 e. The third kappa shape index (κ3) is 10.8. The van der Waals surface area contributed by atoms with Crippen molar-refractivity contribution in [3.8, 4) is 0 Å². The Labute approximate surface area is 118 Å². The van der Waals surface area contributed by atoms with Gasteiger partial charge in [-0.05, 0) is 20.3 Å². The lowest BCUT2D eigenvalue weighted by Gasteiger charge is -2.11. The highest BCUT2D eigenvalue weighted by molar-refractivity contribution is 5.87. The Morgan fingerprint density at radius 1 is 1.16 bits per heavy atom. The maximum Gasteiger partial charge on any atom is 0.333 e. The van der Waals surface area contributed by atoms with Crippen LogP contribution in [0.15, 0.2) is 11.6 Å². The highest BCUT2D eigenvalue weighted by atomic mass is 16.5. The fourth-order valence-electron chi connectivity index (χ4n) is 1.82. The third-order valence-corrected chi connectivity index (χ3v) is 3.33. The lowest BCUT2D eigenvalue weighted by atomic mass is 10.1. The van der Waals surface area contributed by atoms with E-state index >= 15 is 0 Å². The van der Waals surface area contributed by atoms with Crippen molar-refractivity contribution in [2.75, 3.05) is 6.61 Å². The van der Waals surface area contributed by atoms with E-state index in [0.29, 0.717) is 18.6 Å². The van der Waals surface area contributed by atoms with Crippen LogP contribution in [0.2, 0.25) is 0 Å². The van der Waals surface area contributed by atoms with Crippen molar-refractivity contribution in [3.05, 3.63) is 11.6 Å². The zero-order valence-electron chi connectivity index (χ0n) is 12.8. The Morgan fingerprint density at radius 3 is 2.42 bits per heavy atom. The molecule has 0 aromatic heterocycles. The van der Waals surface area contributed by atoms with Gasteiger partial charge in [-0.3, -0.25) is 0 Å². The Kier molecular flexibility index (Phi) is 11.7. The molecular weight excluding hydrogens is 240 g/mol. The van der Waals surface area contributed by atoms with E-state index in [-0.39, 0.29) is 12.1 Å². The first-order chi connectivity index (χ1) is 9.11. The molecular formula is C16H30O3. The second kappa shape index (κ2) is 12.2. The van der Waals surface area contributed by atoms with Gasteiger partial charge < -0.3 is 9.84 Å². The maximum atomic E-state index is 11.3. The second-order valence-electron chi connectivity index (χ2n) is 5.11. The number of unbranched alkanes of at least 4 members (excludes halogenated alkanes) is 5. The minimum Gasteiger partial charge on any atom is -0.462 e. The average molecular weight is 270 g/mol. The van der Waals surface area contributed by atoms with Gasteiger partial charge in [-0.25, -0.2) is 4.79 Å². The number of ether oxygens (including phenoxy) is 1. The first-order valence-corrected chi connectivity index (χ1v) is 7.59. The molecule has 0 radical (unpaired) electrons. The number of esters is 1. The summed E-state index contributed by atoms with van der Waals surface area (Å²) >= 11 is 0. The highest BCUT2D eigenvalue weighted by Crippen LogP contribution is 2.10. The molecule has 0 bridgehead atoms. The molecule has 0 aromatic carbocycles. The lowest BCUT2D eigenvalue weighted by Crippen LogP contribution is -2.14. The third-order valence-electron chi connectivity index (χ3n) is 3.33. The monoisotopic (exact) mass is 270 g/mol. The Bertz CT molecular complexity index is 259. The highest BCUT2D eigenvalue weighted by Gasteiger charge is 2.07. The van der Waals surface area contributed by atoms with E-state index in [0.717, 1.165) is 12.8 Å². The number of allylic oxidation sites excluding steroid dienone is 1. The predicted molar refractivity (Wildman–Crippen MR) is 79.0 cm³/mol. The van der Waals surface area contributed by atoms with Gasteiger partial charge in [0.25, 0.3) is 0 Å². The van der Waals surface area contributed by atoms with Crippen molar-refractivity contribution >= 4 is 5.97 Å². The summed E-state index contributed by atoms with van der Waals surface area (Å²) in [6, 6.07) is 0.